The molecule has 0 spiro atoms. The molecule has 8 nitrogen and oxygen atoms in total. The van der Waals surface area contributed by atoms with E-state index in [9.17, 15) is 9.13 Å². The van der Waals surface area contributed by atoms with Crippen LogP contribution in [0.2, 0.25) is 0 Å². The van der Waals surface area contributed by atoms with Crippen molar-refractivity contribution in [1.29, 1.82) is 0 Å². The number of hydrogen-bond acceptors (Lipinski definition) is 6. The third-order valence-electron chi connectivity index (χ3n) is 3.05. The Bertz CT molecular complexity index is 411. The number of hydrogen-bond donors (Lipinski definition) is 2. The van der Waals surface area contributed by atoms with Crippen LogP contribution < -0.4 is 10.2 Å². The molecule has 0 aromatic carbocycles. The Kier molecular flexibility index (Phi) is 5.04. The summed E-state index contributed by atoms with van der Waals surface area (Å²) in [5.74, 6) is 0. The van der Waals surface area contributed by atoms with Crippen LogP contribution in [-0.4, -0.2) is 33.1 Å². The van der Waals surface area contributed by atoms with Crippen LogP contribution in [-0.2, 0) is 27.2 Å². The molecule has 0 amide bonds. The summed E-state index contributed by atoms with van der Waals surface area (Å²) >= 11 is 0. The average Bonchev–Trinajstić information content (AvgIpc) is 2.38. The van der Waals surface area contributed by atoms with Crippen molar-refractivity contribution in [1.82, 2.24) is 10.2 Å². The van der Waals surface area contributed by atoms with Gasteiger partial charge in [0.1, 0.15) is 0 Å². The molecular weight excluding hydrogens is 318 g/mol. The van der Waals surface area contributed by atoms with Gasteiger partial charge in [0.2, 0.25) is 0 Å². The van der Waals surface area contributed by atoms with E-state index in [-0.39, 0.29) is 17.5 Å². The molecule has 2 aliphatic heterocycles. The number of rotatable bonds is 4. The van der Waals surface area contributed by atoms with E-state index in [1.165, 1.54) is 0 Å². The second-order valence-corrected chi connectivity index (χ2v) is 10.6. The fourth-order valence-corrected chi connectivity index (χ4v) is 4.87. The van der Waals surface area contributed by atoms with Crippen molar-refractivity contribution in [2.24, 2.45) is 10.8 Å². The quantitative estimate of drug-likeness (QED) is 0.594. The normalized spacial score (nSPS) is 29.9. The first kappa shape index (κ1) is 17.6. The zero-order valence-corrected chi connectivity index (χ0v) is 14.7. The highest BCUT2D eigenvalue weighted by Crippen LogP contribution is 2.52. The van der Waals surface area contributed by atoms with Crippen LogP contribution in [0.4, 0.5) is 0 Å². The van der Waals surface area contributed by atoms with E-state index in [1.807, 2.05) is 27.7 Å². The molecule has 2 aliphatic rings. The fourth-order valence-electron chi connectivity index (χ4n) is 1.61. The van der Waals surface area contributed by atoms with Crippen molar-refractivity contribution in [2.45, 2.75) is 27.7 Å². The zero-order valence-electron chi connectivity index (χ0n) is 12.9. The highest BCUT2D eigenvalue weighted by atomic mass is 31.2. The molecule has 21 heavy (non-hydrogen) atoms. The Morgan fingerprint density at radius 1 is 0.762 bits per heavy atom. The van der Waals surface area contributed by atoms with Crippen molar-refractivity contribution in [3.05, 3.63) is 0 Å². The second-order valence-electron chi connectivity index (χ2n) is 6.91. The van der Waals surface area contributed by atoms with Crippen LogP contribution >= 0.6 is 15.5 Å². The zero-order chi connectivity index (χ0) is 15.8. The highest BCUT2D eigenvalue weighted by molar-refractivity contribution is 7.52. The molecule has 0 bridgehead atoms. The average molecular weight is 342 g/mol. The molecule has 0 aliphatic carbocycles. The lowest BCUT2D eigenvalue weighted by molar-refractivity contribution is 0.0337. The van der Waals surface area contributed by atoms with Gasteiger partial charge in [0.05, 0.1) is 33.1 Å². The predicted molar refractivity (Wildman–Crippen MR) is 77.7 cm³/mol. The minimum atomic E-state index is -3.36. The molecule has 2 fully saturated rings. The van der Waals surface area contributed by atoms with E-state index in [0.29, 0.717) is 26.4 Å². The molecule has 0 radical (unpaired) electrons. The molecule has 0 unspecified atom stereocenters. The first-order chi connectivity index (χ1) is 9.54. The van der Waals surface area contributed by atoms with Gasteiger partial charge in [0, 0.05) is 10.8 Å². The summed E-state index contributed by atoms with van der Waals surface area (Å²) in [6, 6.07) is 0. The SMILES string of the molecule is CC1(C)COP(=O)(NCNP2(=O)OCC(C)(C)CO2)OC1. The van der Waals surface area contributed by atoms with Crippen molar-refractivity contribution in [2.75, 3.05) is 33.1 Å². The Hall–Kier alpha value is 0.220. The minimum absolute atomic E-state index is 0.0601. The Morgan fingerprint density at radius 3 is 1.33 bits per heavy atom. The number of nitrogens with one attached hydrogen (secondary N) is 2. The van der Waals surface area contributed by atoms with Crippen LogP contribution in [0.15, 0.2) is 0 Å². The van der Waals surface area contributed by atoms with Gasteiger partial charge < -0.3 is 0 Å². The van der Waals surface area contributed by atoms with Gasteiger partial charge >= 0.3 is 15.5 Å². The fraction of sp³-hybridized carbons (Fsp3) is 1.00. The molecule has 124 valence electrons. The van der Waals surface area contributed by atoms with Gasteiger partial charge in [-0.1, -0.05) is 27.7 Å². The second kappa shape index (κ2) is 6.02. The third kappa shape index (κ3) is 5.12. The summed E-state index contributed by atoms with van der Waals surface area (Å²) in [6.45, 7) is 9.08. The molecule has 10 heteroatoms. The first-order valence-electron chi connectivity index (χ1n) is 6.82. The van der Waals surface area contributed by atoms with Crippen LogP contribution in [0.1, 0.15) is 27.7 Å². The van der Waals surface area contributed by atoms with E-state index in [0.717, 1.165) is 0 Å². The summed E-state index contributed by atoms with van der Waals surface area (Å²) in [5, 5.41) is 5.19. The van der Waals surface area contributed by atoms with Gasteiger partial charge in [-0.15, -0.1) is 0 Å². The summed E-state index contributed by atoms with van der Waals surface area (Å²) < 4.78 is 45.4. The van der Waals surface area contributed by atoms with Gasteiger partial charge in [-0.05, 0) is 0 Å². The van der Waals surface area contributed by atoms with E-state index in [2.05, 4.69) is 10.2 Å². The van der Waals surface area contributed by atoms with Gasteiger partial charge in [-0.3, -0.25) is 18.1 Å². The van der Waals surface area contributed by atoms with E-state index >= 15 is 0 Å². The van der Waals surface area contributed by atoms with Crippen molar-refractivity contribution < 1.29 is 27.2 Å². The van der Waals surface area contributed by atoms with Crippen molar-refractivity contribution in [3.63, 3.8) is 0 Å². The smallest absolute Gasteiger partial charge is 0.296 e. The summed E-state index contributed by atoms with van der Waals surface area (Å²) in [5.41, 5.74) is -0.339. The molecule has 2 rings (SSSR count). The van der Waals surface area contributed by atoms with Crippen LogP contribution in [0.25, 0.3) is 0 Å². The standard InChI is InChI=1S/C11H24N2O6P2/c1-10(2)5-16-20(14,17-6-10)12-9-13-21(15)18-7-11(3,4)8-19-21/h5-9H2,1-4H3,(H,12,14)(H,13,15). The van der Waals surface area contributed by atoms with E-state index in [4.69, 9.17) is 18.1 Å². The highest BCUT2D eigenvalue weighted by Gasteiger charge is 2.39. The predicted octanol–water partition coefficient (Wildman–Crippen LogP) is 2.49. The van der Waals surface area contributed by atoms with Gasteiger partial charge in [-0.2, -0.15) is 0 Å². The molecule has 0 atom stereocenters. The monoisotopic (exact) mass is 342 g/mol. The molecule has 0 aromatic rings. The van der Waals surface area contributed by atoms with Gasteiger partial charge in [-0.25, -0.2) is 19.3 Å². The Balaban J connectivity index is 1.77. The van der Waals surface area contributed by atoms with E-state index in [1.54, 1.807) is 0 Å². The Labute approximate surface area is 125 Å². The topological polar surface area (TPSA) is 95.1 Å². The van der Waals surface area contributed by atoms with Crippen molar-refractivity contribution >= 4 is 15.5 Å². The lowest BCUT2D eigenvalue weighted by atomic mass is 9.97. The van der Waals surface area contributed by atoms with Gasteiger partial charge in [0.15, 0.2) is 0 Å². The lowest BCUT2D eigenvalue weighted by Crippen LogP contribution is -2.37. The van der Waals surface area contributed by atoms with E-state index < -0.39 is 15.5 Å². The largest absolute Gasteiger partial charge is 0.406 e. The molecule has 2 saturated heterocycles. The summed E-state index contributed by atoms with van der Waals surface area (Å²) in [4.78, 5) is 0. The van der Waals surface area contributed by atoms with Crippen LogP contribution in [0, 0.1) is 10.8 Å². The van der Waals surface area contributed by atoms with Crippen LogP contribution in [0.5, 0.6) is 0 Å². The molecule has 0 aromatic heterocycles. The molecule has 0 saturated carbocycles. The molecule has 2 N–H and O–H groups in total. The maximum atomic E-state index is 12.2. The summed E-state index contributed by atoms with van der Waals surface area (Å²) in [6.07, 6.45) is 0. The minimum Gasteiger partial charge on any atom is -0.296 e. The Morgan fingerprint density at radius 2 is 1.05 bits per heavy atom. The first-order valence-corrected chi connectivity index (χ1v) is 9.90. The van der Waals surface area contributed by atoms with Crippen LogP contribution in [0.3, 0.4) is 0 Å². The third-order valence-corrected chi connectivity index (χ3v) is 6.01. The molecular formula is C11H24N2O6P2. The molecule has 2 heterocycles. The summed E-state index contributed by atoms with van der Waals surface area (Å²) in [7, 11) is -6.72. The maximum absolute atomic E-state index is 12.2. The van der Waals surface area contributed by atoms with Gasteiger partial charge in [0.25, 0.3) is 0 Å². The maximum Gasteiger partial charge on any atom is 0.406 e. The van der Waals surface area contributed by atoms with Crippen molar-refractivity contribution in [3.8, 4) is 0 Å². The lowest BCUT2D eigenvalue weighted by Gasteiger charge is -2.35.